The molecule has 0 N–H and O–H groups in total. The first-order valence-corrected chi connectivity index (χ1v) is 8.97. The Balaban J connectivity index is 2.01. The molecule has 3 aliphatic rings. The molecule has 0 fully saturated rings. The Morgan fingerprint density at radius 2 is 1.50 bits per heavy atom. The van der Waals surface area contributed by atoms with Gasteiger partial charge in [-0.1, -0.05) is 0 Å². The van der Waals surface area contributed by atoms with Gasteiger partial charge in [0.2, 0.25) is 0 Å². The van der Waals surface area contributed by atoms with Crippen molar-refractivity contribution in [2.45, 2.75) is 67.2 Å². The molecule has 124 valence electrons. The second-order valence-electron chi connectivity index (χ2n) is 8.35. The molecule has 2 nitrogen and oxygen atoms in total. The number of anilines is 1. The standard InChI is InChI=1S/C22H25NO/c1-10-11(2)18-12(3)14(5)22(6,7)24-21(18)19-16-9-23-8-15(20(16)23)13(4)17(10)19/h8-9H2,1-7H3. The van der Waals surface area contributed by atoms with E-state index in [-0.39, 0.29) is 5.60 Å². The zero-order chi connectivity index (χ0) is 17.1. The average molecular weight is 319 g/mol. The van der Waals surface area contributed by atoms with Gasteiger partial charge in [-0.15, -0.1) is 0 Å². The number of aryl methyl sites for hydroxylation is 2. The third kappa shape index (κ3) is 1.36. The SMILES string of the molecule is CC1=C(C)C(C)(C)Oc2c1c(C)c(C)c1c(C)c3c4c(c21)CN4C3. The van der Waals surface area contributed by atoms with Crippen LogP contribution in [0, 0.1) is 20.8 Å². The van der Waals surface area contributed by atoms with E-state index in [4.69, 9.17) is 4.74 Å². The molecule has 0 saturated carbocycles. The molecule has 3 heterocycles. The maximum Gasteiger partial charge on any atom is 0.136 e. The van der Waals surface area contributed by atoms with Crippen LogP contribution < -0.4 is 9.64 Å². The monoisotopic (exact) mass is 319 g/mol. The van der Waals surface area contributed by atoms with Crippen LogP contribution in [0.2, 0.25) is 0 Å². The molecule has 5 rings (SSSR count). The van der Waals surface area contributed by atoms with E-state index in [2.05, 4.69) is 53.4 Å². The lowest BCUT2D eigenvalue weighted by atomic mass is 9.76. The van der Waals surface area contributed by atoms with Gasteiger partial charge in [-0.2, -0.15) is 0 Å². The van der Waals surface area contributed by atoms with Crippen LogP contribution in [0.4, 0.5) is 5.69 Å². The minimum absolute atomic E-state index is 0.237. The quantitative estimate of drug-likeness (QED) is 0.630. The van der Waals surface area contributed by atoms with Crippen molar-refractivity contribution in [1.82, 2.24) is 0 Å². The van der Waals surface area contributed by atoms with E-state index in [1.165, 1.54) is 55.4 Å². The number of fused-ring (bicyclic) bond motifs is 4. The number of hydrogen-bond donors (Lipinski definition) is 0. The predicted molar refractivity (Wildman–Crippen MR) is 101 cm³/mol. The number of rotatable bonds is 0. The Morgan fingerprint density at radius 3 is 2.17 bits per heavy atom. The van der Waals surface area contributed by atoms with Crippen LogP contribution >= 0.6 is 0 Å². The normalized spacial score (nSPS) is 19.5. The molecule has 0 spiro atoms. The first kappa shape index (κ1) is 14.4. The van der Waals surface area contributed by atoms with E-state index in [1.807, 2.05) is 0 Å². The Hall–Kier alpha value is -1.96. The summed E-state index contributed by atoms with van der Waals surface area (Å²) in [6.45, 7) is 17.9. The molecule has 24 heavy (non-hydrogen) atoms. The summed E-state index contributed by atoms with van der Waals surface area (Å²) in [6.07, 6.45) is 0. The van der Waals surface area contributed by atoms with Gasteiger partial charge in [0.15, 0.2) is 0 Å². The van der Waals surface area contributed by atoms with Crippen LogP contribution in [0.5, 0.6) is 5.75 Å². The van der Waals surface area contributed by atoms with Crippen LogP contribution in [0.15, 0.2) is 5.57 Å². The van der Waals surface area contributed by atoms with Crippen molar-refractivity contribution in [3.63, 3.8) is 0 Å². The van der Waals surface area contributed by atoms with E-state index in [0.29, 0.717) is 0 Å². The zero-order valence-corrected chi connectivity index (χ0v) is 15.8. The Kier molecular flexibility index (Phi) is 2.39. The highest BCUT2D eigenvalue weighted by molar-refractivity contribution is 6.08. The molecule has 2 heteroatoms. The van der Waals surface area contributed by atoms with Crippen LogP contribution in [-0.2, 0) is 13.1 Å². The molecule has 0 saturated heterocycles. The number of benzene rings is 2. The van der Waals surface area contributed by atoms with E-state index >= 15 is 0 Å². The molecule has 2 aromatic rings. The third-order valence-corrected chi connectivity index (χ3v) is 6.93. The second-order valence-corrected chi connectivity index (χ2v) is 8.35. The lowest BCUT2D eigenvalue weighted by Gasteiger charge is -2.49. The summed E-state index contributed by atoms with van der Waals surface area (Å²) in [4.78, 5) is 2.49. The number of ether oxygens (including phenoxy) is 1. The van der Waals surface area contributed by atoms with Gasteiger partial charge in [-0.3, -0.25) is 0 Å². The van der Waals surface area contributed by atoms with Crippen molar-refractivity contribution in [3.05, 3.63) is 39.0 Å². The Bertz CT molecular complexity index is 1010. The topological polar surface area (TPSA) is 12.5 Å². The van der Waals surface area contributed by atoms with Gasteiger partial charge in [-0.05, 0) is 87.3 Å². The van der Waals surface area contributed by atoms with Gasteiger partial charge in [-0.25, -0.2) is 0 Å². The smallest absolute Gasteiger partial charge is 0.136 e. The molecule has 0 aromatic heterocycles. The van der Waals surface area contributed by atoms with Gasteiger partial charge >= 0.3 is 0 Å². The van der Waals surface area contributed by atoms with Gasteiger partial charge in [0.05, 0.1) is 0 Å². The van der Waals surface area contributed by atoms with E-state index in [9.17, 15) is 0 Å². The minimum atomic E-state index is -0.237. The fourth-order valence-corrected chi connectivity index (χ4v) is 5.02. The van der Waals surface area contributed by atoms with Crippen LogP contribution in [0.25, 0.3) is 16.3 Å². The maximum atomic E-state index is 6.65. The van der Waals surface area contributed by atoms with Gasteiger partial charge < -0.3 is 9.64 Å². The van der Waals surface area contributed by atoms with Crippen molar-refractivity contribution in [3.8, 4) is 5.75 Å². The van der Waals surface area contributed by atoms with E-state index in [0.717, 1.165) is 18.8 Å². The van der Waals surface area contributed by atoms with Crippen molar-refractivity contribution in [2.75, 3.05) is 4.90 Å². The molecule has 2 aromatic carbocycles. The van der Waals surface area contributed by atoms with E-state index < -0.39 is 0 Å². The first-order valence-electron chi connectivity index (χ1n) is 8.97. The lowest BCUT2D eigenvalue weighted by Crippen LogP contribution is -2.42. The first-order chi connectivity index (χ1) is 11.2. The Labute approximate surface area is 144 Å². The summed E-state index contributed by atoms with van der Waals surface area (Å²) in [5.41, 5.74) is 12.7. The molecular weight excluding hydrogens is 294 g/mol. The predicted octanol–water partition coefficient (Wildman–Crippen LogP) is 5.56. The number of hydrogen-bond acceptors (Lipinski definition) is 2. The lowest BCUT2D eigenvalue weighted by molar-refractivity contribution is 0.146. The second kappa shape index (κ2) is 3.99. The largest absolute Gasteiger partial charge is 0.482 e. The third-order valence-electron chi connectivity index (χ3n) is 6.93. The van der Waals surface area contributed by atoms with Gasteiger partial charge in [0.25, 0.3) is 0 Å². The van der Waals surface area contributed by atoms with Crippen molar-refractivity contribution < 1.29 is 4.74 Å². The average Bonchev–Trinajstić information content (AvgIpc) is 2.48. The molecule has 0 bridgehead atoms. The maximum absolute atomic E-state index is 6.65. The minimum Gasteiger partial charge on any atom is -0.482 e. The molecular formula is C22H25NO. The summed E-state index contributed by atoms with van der Waals surface area (Å²) >= 11 is 0. The van der Waals surface area contributed by atoms with Gasteiger partial charge in [0, 0.05) is 35.3 Å². The fourth-order valence-electron chi connectivity index (χ4n) is 5.02. The summed E-state index contributed by atoms with van der Waals surface area (Å²) < 4.78 is 6.65. The fraction of sp³-hybridized carbons (Fsp3) is 0.455. The van der Waals surface area contributed by atoms with Gasteiger partial charge in [0.1, 0.15) is 11.4 Å². The zero-order valence-electron chi connectivity index (χ0n) is 15.8. The summed E-state index contributed by atoms with van der Waals surface area (Å²) in [6, 6.07) is 0. The number of nitrogens with zero attached hydrogens (tertiary/aromatic N) is 1. The van der Waals surface area contributed by atoms with Crippen molar-refractivity contribution >= 4 is 22.0 Å². The van der Waals surface area contributed by atoms with Crippen LogP contribution in [-0.4, -0.2) is 5.60 Å². The summed E-state index contributed by atoms with van der Waals surface area (Å²) in [5.74, 6) is 1.13. The number of allylic oxidation sites excluding steroid dienone is 1. The van der Waals surface area contributed by atoms with Crippen LogP contribution in [0.1, 0.15) is 61.1 Å². The van der Waals surface area contributed by atoms with Crippen LogP contribution in [0.3, 0.4) is 0 Å². The summed E-state index contributed by atoms with van der Waals surface area (Å²) in [5, 5.41) is 2.84. The van der Waals surface area contributed by atoms with E-state index in [1.54, 1.807) is 5.56 Å². The Morgan fingerprint density at radius 1 is 0.833 bits per heavy atom. The highest BCUT2D eigenvalue weighted by atomic mass is 16.5. The molecule has 0 amide bonds. The van der Waals surface area contributed by atoms with Crippen molar-refractivity contribution in [2.24, 2.45) is 0 Å². The highest BCUT2D eigenvalue weighted by Crippen LogP contribution is 2.57. The highest BCUT2D eigenvalue weighted by Gasteiger charge is 2.42. The molecule has 0 radical (unpaired) electrons. The molecule has 0 unspecified atom stereocenters. The molecule has 3 aliphatic heterocycles. The summed E-state index contributed by atoms with van der Waals surface area (Å²) in [7, 11) is 0. The molecule has 0 atom stereocenters. The molecule has 0 aliphatic carbocycles. The van der Waals surface area contributed by atoms with Crippen molar-refractivity contribution in [1.29, 1.82) is 0 Å².